The van der Waals surface area contributed by atoms with Crippen LogP contribution in [0.5, 0.6) is 0 Å². The number of hydrogen-bond donors (Lipinski definition) is 0. The van der Waals surface area contributed by atoms with Crippen molar-refractivity contribution in [1.82, 2.24) is 0 Å². The monoisotopic (exact) mass is 574 g/mol. The number of carbonyl (C=O) groups is 4. The van der Waals surface area contributed by atoms with Crippen LogP contribution in [0.2, 0.25) is 0 Å². The molecule has 1 aromatic rings. The minimum absolute atomic E-state index is 0.241. The Kier molecular flexibility index (Phi) is 10.3. The molecule has 0 spiro atoms. The normalized spacial score (nSPS) is 24.7. The molecule has 1 fully saturated rings. The minimum atomic E-state index is -1.15. The van der Waals surface area contributed by atoms with E-state index in [9.17, 15) is 19.2 Å². The van der Waals surface area contributed by atoms with E-state index < -0.39 is 54.4 Å². The highest BCUT2D eigenvalue weighted by Gasteiger charge is 2.51. The van der Waals surface area contributed by atoms with Gasteiger partial charge in [-0.2, -0.15) is 0 Å². The number of hydrogen-bond acceptors (Lipinski definition) is 9. The molecular weight excluding hydrogens is 547 g/mol. The first kappa shape index (κ1) is 26.8. The summed E-state index contributed by atoms with van der Waals surface area (Å²) in [6, 6.07) is 7.83. The molecule has 0 aliphatic carbocycles. The van der Waals surface area contributed by atoms with Gasteiger partial charge in [-0.15, -0.1) is 0 Å². The van der Waals surface area contributed by atoms with Gasteiger partial charge in [0, 0.05) is 31.3 Å². The molecule has 9 nitrogen and oxygen atoms in total. The molecule has 0 radical (unpaired) electrons. The molecule has 33 heavy (non-hydrogen) atoms. The van der Waals surface area contributed by atoms with Gasteiger partial charge in [0.1, 0.15) is 18.8 Å². The molecule has 0 N–H and O–H groups in total. The van der Waals surface area contributed by atoms with Crippen molar-refractivity contribution >= 4 is 52.5 Å². The van der Waals surface area contributed by atoms with E-state index in [2.05, 4.69) is 22.6 Å². The second-order valence-corrected chi connectivity index (χ2v) is 8.67. The number of rotatable bonds is 8. The highest BCUT2D eigenvalue weighted by Crippen LogP contribution is 2.31. The van der Waals surface area contributed by atoms with Gasteiger partial charge in [-0.05, 0) is 46.7 Å². The van der Waals surface area contributed by atoms with Gasteiger partial charge in [0.2, 0.25) is 0 Å². The summed E-state index contributed by atoms with van der Waals surface area (Å²) in [6.07, 6.45) is -1.05. The molecule has 1 heterocycles. The van der Waals surface area contributed by atoms with E-state index in [0.29, 0.717) is 0 Å². The second-order valence-electron chi connectivity index (χ2n) is 7.43. The number of carbonyl (C=O) groups excluding carboxylic acids is 4. The van der Waals surface area contributed by atoms with Crippen molar-refractivity contribution < 1.29 is 42.9 Å². The van der Waals surface area contributed by atoms with Crippen molar-refractivity contribution in [3.63, 3.8) is 0 Å². The maximum atomic E-state index is 11.8. The van der Waals surface area contributed by atoms with E-state index >= 15 is 0 Å². The minimum Gasteiger partial charge on any atom is -0.463 e. The maximum Gasteiger partial charge on any atom is 0.303 e. The van der Waals surface area contributed by atoms with Crippen LogP contribution in [0.1, 0.15) is 39.7 Å². The first-order valence-corrected chi connectivity index (χ1v) is 11.4. The largest absolute Gasteiger partial charge is 0.463 e. The van der Waals surface area contributed by atoms with Gasteiger partial charge in [-0.25, -0.2) is 0 Å². The fourth-order valence-corrected chi connectivity index (χ4v) is 3.78. The lowest BCUT2D eigenvalue weighted by atomic mass is 9.92. The Morgan fingerprint density at radius 2 is 1.33 bits per heavy atom. The Morgan fingerprint density at radius 3 is 1.85 bits per heavy atom. The highest BCUT2D eigenvalue weighted by molar-refractivity contribution is 14.1. The fraction of sp³-hybridized carbons (Fsp3) is 0.478. The van der Waals surface area contributed by atoms with Gasteiger partial charge in [-0.1, -0.05) is 24.3 Å². The summed E-state index contributed by atoms with van der Waals surface area (Å²) in [6.45, 7) is 4.59. The molecule has 0 unspecified atom stereocenters. The molecule has 0 aromatic heterocycles. The number of esters is 4. The van der Waals surface area contributed by atoms with E-state index in [1.807, 2.05) is 36.4 Å². The average Bonchev–Trinajstić information content (AvgIpc) is 2.71. The van der Waals surface area contributed by atoms with Gasteiger partial charge < -0.3 is 23.7 Å². The van der Waals surface area contributed by atoms with Crippen LogP contribution >= 0.6 is 22.6 Å². The Morgan fingerprint density at radius 1 is 0.818 bits per heavy atom. The highest BCUT2D eigenvalue weighted by atomic mass is 127. The number of ether oxygens (including phenoxy) is 5. The first-order valence-electron chi connectivity index (χ1n) is 10.3. The van der Waals surface area contributed by atoms with Crippen LogP contribution in [0.3, 0.4) is 0 Å². The summed E-state index contributed by atoms with van der Waals surface area (Å²) in [5.41, 5.74) is 0.959. The SMILES string of the molecule is CC(=O)OC[C@H]1O[C@H](CC=Cc2ccc(I)cc2)[C@@H](OC(C)=O)[C@@H](OC(C)=O)[C@@H]1OC(C)=O. The molecular formula is C23H27IO9. The molecule has 1 aliphatic heterocycles. The van der Waals surface area contributed by atoms with Gasteiger partial charge >= 0.3 is 23.9 Å². The lowest BCUT2D eigenvalue weighted by Crippen LogP contribution is -2.62. The molecule has 5 atom stereocenters. The molecule has 1 saturated heterocycles. The fourth-order valence-electron chi connectivity index (χ4n) is 3.42. The van der Waals surface area contributed by atoms with Crippen LogP contribution in [0.15, 0.2) is 30.3 Å². The molecule has 10 heteroatoms. The number of halogens is 1. The molecule has 0 bridgehead atoms. The van der Waals surface area contributed by atoms with Gasteiger partial charge in [0.05, 0.1) is 0 Å². The third-order valence-corrected chi connectivity index (χ3v) is 5.35. The van der Waals surface area contributed by atoms with Gasteiger partial charge in [0.25, 0.3) is 0 Å². The van der Waals surface area contributed by atoms with Crippen molar-refractivity contribution in [2.75, 3.05) is 6.61 Å². The van der Waals surface area contributed by atoms with Crippen LogP contribution in [0.4, 0.5) is 0 Å². The molecule has 180 valence electrons. The van der Waals surface area contributed by atoms with Crippen molar-refractivity contribution in [2.45, 2.75) is 64.6 Å². The van der Waals surface area contributed by atoms with Crippen LogP contribution in [-0.2, 0) is 42.9 Å². The first-order chi connectivity index (χ1) is 15.6. The summed E-state index contributed by atoms with van der Waals surface area (Å²) in [5, 5.41) is 0. The predicted octanol–water partition coefficient (Wildman–Crippen LogP) is 2.82. The van der Waals surface area contributed by atoms with E-state index in [4.69, 9.17) is 23.7 Å². The lowest BCUT2D eigenvalue weighted by Gasteiger charge is -2.44. The summed E-state index contributed by atoms with van der Waals surface area (Å²) >= 11 is 2.21. The van der Waals surface area contributed by atoms with Gasteiger partial charge in [-0.3, -0.25) is 19.2 Å². The molecule has 1 aromatic carbocycles. The quantitative estimate of drug-likeness (QED) is 0.263. The van der Waals surface area contributed by atoms with Crippen molar-refractivity contribution in [1.29, 1.82) is 0 Å². The molecule has 1 aliphatic rings. The van der Waals surface area contributed by atoms with Crippen molar-refractivity contribution in [3.8, 4) is 0 Å². The standard InChI is InChI=1S/C23H27IO9/c1-13(25)29-12-20-22(31-15(3)27)23(32-16(4)28)21(30-14(2)26)19(33-20)7-5-6-17-8-10-18(24)11-9-17/h5-6,8-11,19-23H,7,12H2,1-4H3/t19-,20-,21-,22-,23-/m1/s1. The zero-order chi connectivity index (χ0) is 24.5. The number of benzene rings is 1. The summed E-state index contributed by atoms with van der Waals surface area (Å²) in [5.74, 6) is -2.49. The Bertz CT molecular complexity index is 880. The molecule has 0 saturated carbocycles. The van der Waals surface area contributed by atoms with Crippen LogP contribution < -0.4 is 0 Å². The Balaban J connectivity index is 2.35. The van der Waals surface area contributed by atoms with E-state index in [1.54, 1.807) is 0 Å². The van der Waals surface area contributed by atoms with Crippen molar-refractivity contribution in [2.24, 2.45) is 0 Å². The van der Waals surface area contributed by atoms with Crippen LogP contribution in [-0.4, -0.2) is 61.0 Å². The van der Waals surface area contributed by atoms with Gasteiger partial charge in [0.15, 0.2) is 18.3 Å². The second kappa shape index (κ2) is 12.7. The van der Waals surface area contributed by atoms with E-state index in [-0.39, 0.29) is 13.0 Å². The Hall–Kier alpha value is -2.47. The predicted molar refractivity (Wildman–Crippen MR) is 125 cm³/mol. The zero-order valence-electron chi connectivity index (χ0n) is 18.8. The summed E-state index contributed by atoms with van der Waals surface area (Å²) in [4.78, 5) is 46.8. The molecule has 0 amide bonds. The van der Waals surface area contributed by atoms with Crippen molar-refractivity contribution in [3.05, 3.63) is 39.5 Å². The van der Waals surface area contributed by atoms with E-state index in [0.717, 1.165) is 9.13 Å². The average molecular weight is 574 g/mol. The summed E-state index contributed by atoms with van der Waals surface area (Å²) < 4.78 is 28.5. The Labute approximate surface area is 205 Å². The third-order valence-electron chi connectivity index (χ3n) is 4.64. The van der Waals surface area contributed by atoms with Crippen LogP contribution in [0, 0.1) is 3.57 Å². The topological polar surface area (TPSA) is 114 Å². The smallest absolute Gasteiger partial charge is 0.303 e. The summed E-state index contributed by atoms with van der Waals surface area (Å²) in [7, 11) is 0. The maximum absolute atomic E-state index is 11.8. The third kappa shape index (κ3) is 8.77. The zero-order valence-corrected chi connectivity index (χ0v) is 21.0. The molecule has 2 rings (SSSR count). The van der Waals surface area contributed by atoms with E-state index in [1.165, 1.54) is 27.7 Å². The lowest BCUT2D eigenvalue weighted by molar-refractivity contribution is -0.251. The van der Waals surface area contributed by atoms with Crippen LogP contribution in [0.25, 0.3) is 6.08 Å².